The highest BCUT2D eigenvalue weighted by Crippen LogP contribution is 2.28. The second kappa shape index (κ2) is 8.25. The van der Waals surface area contributed by atoms with Crippen molar-refractivity contribution in [3.8, 4) is 5.75 Å². The third kappa shape index (κ3) is 6.26. The number of carbonyl (C=O) groups is 2. The number of urea groups is 1. The van der Waals surface area contributed by atoms with E-state index in [1.54, 1.807) is 6.92 Å². The number of imide groups is 1. The van der Waals surface area contributed by atoms with Crippen molar-refractivity contribution in [2.45, 2.75) is 13.5 Å². The Morgan fingerprint density at radius 2 is 2.10 bits per heavy atom. The molecule has 0 unspecified atom stereocenters. The lowest BCUT2D eigenvalue weighted by Crippen LogP contribution is -2.41. The van der Waals surface area contributed by atoms with Crippen LogP contribution in [-0.4, -0.2) is 31.6 Å². The molecule has 0 saturated carbocycles. The van der Waals surface area contributed by atoms with Crippen LogP contribution in [-0.2, 0) is 4.79 Å². The van der Waals surface area contributed by atoms with Gasteiger partial charge in [-0.3, -0.25) is 10.1 Å². The molecule has 0 aliphatic carbocycles. The zero-order valence-electron chi connectivity index (χ0n) is 11.1. The summed E-state index contributed by atoms with van der Waals surface area (Å²) >= 11 is 5.75. The van der Waals surface area contributed by atoms with Crippen LogP contribution in [0.25, 0.3) is 0 Å². The van der Waals surface area contributed by atoms with E-state index < -0.39 is 18.5 Å². The van der Waals surface area contributed by atoms with Crippen molar-refractivity contribution in [3.63, 3.8) is 0 Å². The van der Waals surface area contributed by atoms with E-state index in [1.807, 2.05) is 0 Å². The fraction of sp³-hybridized carbons (Fsp3) is 0.333. The molecule has 1 aromatic rings. The van der Waals surface area contributed by atoms with Crippen molar-refractivity contribution in [2.24, 2.45) is 0 Å². The van der Waals surface area contributed by atoms with Crippen molar-refractivity contribution in [3.05, 3.63) is 23.2 Å². The Kier molecular flexibility index (Phi) is 6.67. The van der Waals surface area contributed by atoms with E-state index in [1.165, 1.54) is 18.2 Å². The van der Waals surface area contributed by atoms with E-state index >= 15 is 0 Å². The summed E-state index contributed by atoms with van der Waals surface area (Å²) < 4.78 is 28.3. The zero-order chi connectivity index (χ0) is 15.8. The van der Waals surface area contributed by atoms with Gasteiger partial charge in [0.2, 0.25) is 5.91 Å². The largest absolute Gasteiger partial charge is 0.433 e. The van der Waals surface area contributed by atoms with Crippen LogP contribution in [0.5, 0.6) is 5.75 Å². The van der Waals surface area contributed by atoms with Gasteiger partial charge in [-0.15, -0.1) is 0 Å². The van der Waals surface area contributed by atoms with E-state index in [2.05, 4.69) is 20.7 Å². The normalized spacial score (nSPS) is 10.1. The second-order valence-corrected chi connectivity index (χ2v) is 4.19. The van der Waals surface area contributed by atoms with Gasteiger partial charge in [0.15, 0.2) is 0 Å². The topological polar surface area (TPSA) is 79.5 Å². The van der Waals surface area contributed by atoms with E-state index in [9.17, 15) is 18.4 Å². The van der Waals surface area contributed by atoms with Crippen LogP contribution in [0.2, 0.25) is 5.02 Å². The first-order valence-corrected chi connectivity index (χ1v) is 6.36. The molecule has 3 amide bonds. The molecule has 0 spiro atoms. The smallest absolute Gasteiger partial charge is 0.387 e. The molecule has 1 rings (SSSR count). The SMILES string of the molecule is CCNC(=O)NC(=O)CNc1ccc(OC(F)F)c(Cl)c1. The van der Waals surface area contributed by atoms with Gasteiger partial charge in [0.05, 0.1) is 11.6 Å². The van der Waals surface area contributed by atoms with Crippen molar-refractivity contribution in [1.29, 1.82) is 0 Å². The number of rotatable bonds is 6. The predicted molar refractivity (Wildman–Crippen MR) is 73.8 cm³/mol. The van der Waals surface area contributed by atoms with Crippen LogP contribution in [0.15, 0.2) is 18.2 Å². The minimum Gasteiger partial charge on any atom is -0.433 e. The van der Waals surface area contributed by atoms with E-state index in [4.69, 9.17) is 11.6 Å². The average Bonchev–Trinajstić information content (AvgIpc) is 2.39. The summed E-state index contributed by atoms with van der Waals surface area (Å²) in [4.78, 5) is 22.5. The number of ether oxygens (including phenoxy) is 1. The van der Waals surface area contributed by atoms with Crippen LogP contribution in [0.4, 0.5) is 19.3 Å². The molecule has 21 heavy (non-hydrogen) atoms. The number of carbonyl (C=O) groups excluding carboxylic acids is 2. The summed E-state index contributed by atoms with van der Waals surface area (Å²) in [5.41, 5.74) is 0.424. The van der Waals surface area contributed by atoms with Crippen LogP contribution >= 0.6 is 11.6 Å². The third-order valence-corrected chi connectivity index (χ3v) is 2.49. The van der Waals surface area contributed by atoms with Gasteiger partial charge in [0.25, 0.3) is 0 Å². The Balaban J connectivity index is 2.50. The number of benzene rings is 1. The van der Waals surface area contributed by atoms with Crippen LogP contribution in [0, 0.1) is 0 Å². The molecule has 6 nitrogen and oxygen atoms in total. The minimum absolute atomic E-state index is 0.0237. The number of amides is 3. The molecule has 0 aliphatic rings. The summed E-state index contributed by atoms with van der Waals surface area (Å²) in [7, 11) is 0. The van der Waals surface area contributed by atoms with E-state index in [-0.39, 0.29) is 17.3 Å². The molecule has 0 radical (unpaired) electrons. The van der Waals surface area contributed by atoms with Gasteiger partial charge in [-0.2, -0.15) is 8.78 Å². The minimum atomic E-state index is -2.97. The Morgan fingerprint density at radius 1 is 1.38 bits per heavy atom. The molecule has 0 atom stereocenters. The lowest BCUT2D eigenvalue weighted by molar-refractivity contribution is -0.118. The first-order chi connectivity index (χ1) is 9.92. The van der Waals surface area contributed by atoms with Gasteiger partial charge in [0, 0.05) is 12.2 Å². The Labute approximate surface area is 124 Å². The summed E-state index contributed by atoms with van der Waals surface area (Å²) in [6.45, 7) is -1.03. The molecular weight excluding hydrogens is 308 g/mol. The summed E-state index contributed by atoms with van der Waals surface area (Å²) in [5.74, 6) is -0.714. The van der Waals surface area contributed by atoms with Gasteiger partial charge in [-0.05, 0) is 25.1 Å². The molecule has 0 fully saturated rings. The van der Waals surface area contributed by atoms with Crippen LogP contribution in [0.1, 0.15) is 6.92 Å². The number of anilines is 1. The molecule has 0 aliphatic heterocycles. The van der Waals surface area contributed by atoms with E-state index in [0.29, 0.717) is 12.2 Å². The molecule has 116 valence electrons. The maximum Gasteiger partial charge on any atom is 0.387 e. The fourth-order valence-electron chi connectivity index (χ4n) is 1.36. The molecule has 0 aromatic heterocycles. The van der Waals surface area contributed by atoms with E-state index in [0.717, 1.165) is 0 Å². The number of halogens is 3. The number of hydrogen-bond donors (Lipinski definition) is 3. The molecule has 3 N–H and O–H groups in total. The lowest BCUT2D eigenvalue weighted by Gasteiger charge is -2.10. The molecule has 9 heteroatoms. The Morgan fingerprint density at radius 3 is 2.67 bits per heavy atom. The zero-order valence-corrected chi connectivity index (χ0v) is 11.8. The Hall–Kier alpha value is -2.09. The quantitative estimate of drug-likeness (QED) is 0.750. The molecule has 1 aromatic carbocycles. The second-order valence-electron chi connectivity index (χ2n) is 3.78. The van der Waals surface area contributed by atoms with Crippen LogP contribution in [0.3, 0.4) is 0 Å². The van der Waals surface area contributed by atoms with Gasteiger partial charge in [0.1, 0.15) is 5.75 Å². The summed E-state index contributed by atoms with van der Waals surface area (Å²) in [6, 6.07) is 3.41. The monoisotopic (exact) mass is 321 g/mol. The molecule has 0 bridgehead atoms. The number of hydrogen-bond acceptors (Lipinski definition) is 4. The Bertz CT molecular complexity index is 515. The van der Waals surface area contributed by atoms with Gasteiger partial charge < -0.3 is 15.4 Å². The highest BCUT2D eigenvalue weighted by molar-refractivity contribution is 6.32. The van der Waals surface area contributed by atoms with Crippen molar-refractivity contribution >= 4 is 29.2 Å². The van der Waals surface area contributed by atoms with Crippen molar-refractivity contribution < 1.29 is 23.1 Å². The number of alkyl halides is 2. The van der Waals surface area contributed by atoms with Crippen molar-refractivity contribution in [1.82, 2.24) is 10.6 Å². The van der Waals surface area contributed by atoms with Crippen molar-refractivity contribution in [2.75, 3.05) is 18.4 Å². The maximum absolute atomic E-state index is 12.1. The first kappa shape index (κ1) is 17.0. The average molecular weight is 322 g/mol. The van der Waals surface area contributed by atoms with Gasteiger partial charge >= 0.3 is 12.6 Å². The standard InChI is InChI=1S/C12H14ClF2N3O3/c1-2-16-12(20)18-10(19)6-17-7-3-4-9(8(13)5-7)21-11(14)15/h3-5,11,17H,2,6H2,1H3,(H2,16,18,19,20). The van der Waals surface area contributed by atoms with Gasteiger partial charge in [-0.25, -0.2) is 4.79 Å². The van der Waals surface area contributed by atoms with Crippen LogP contribution < -0.4 is 20.7 Å². The highest BCUT2D eigenvalue weighted by Gasteiger charge is 2.10. The summed E-state index contributed by atoms with van der Waals surface area (Å²) in [5, 5.41) is 7.17. The fourth-order valence-corrected chi connectivity index (χ4v) is 1.59. The van der Waals surface area contributed by atoms with Gasteiger partial charge in [-0.1, -0.05) is 11.6 Å². The lowest BCUT2D eigenvalue weighted by atomic mass is 10.3. The summed E-state index contributed by atoms with van der Waals surface area (Å²) in [6.07, 6.45) is 0. The molecule has 0 saturated heterocycles. The molecular formula is C12H14ClF2N3O3. The number of nitrogens with one attached hydrogen (secondary N) is 3. The maximum atomic E-state index is 12.1. The first-order valence-electron chi connectivity index (χ1n) is 5.98. The third-order valence-electron chi connectivity index (χ3n) is 2.19. The predicted octanol–water partition coefficient (Wildman–Crippen LogP) is 2.20. The highest BCUT2D eigenvalue weighted by atomic mass is 35.5. The molecule has 0 heterocycles.